The third-order valence-corrected chi connectivity index (χ3v) is 6.99. The molecule has 0 spiro atoms. The Morgan fingerprint density at radius 3 is 2.10 bits per heavy atom. The van der Waals surface area contributed by atoms with Gasteiger partial charge in [-0.15, -0.1) is 0 Å². The van der Waals surface area contributed by atoms with Gasteiger partial charge >= 0.3 is 0 Å². The van der Waals surface area contributed by atoms with Crippen molar-refractivity contribution in [1.82, 2.24) is 9.78 Å². The lowest BCUT2D eigenvalue weighted by Crippen LogP contribution is -2.27. The maximum absolute atomic E-state index is 8.82. The normalized spacial score (nSPS) is 11.5. The average molecular weight is 375 g/mol. The highest BCUT2D eigenvalue weighted by molar-refractivity contribution is 9.10. The van der Waals surface area contributed by atoms with Crippen molar-refractivity contribution in [2.45, 2.75) is 64.1 Å². The summed E-state index contributed by atoms with van der Waals surface area (Å²) in [5, 5.41) is 16.1. The second-order valence-corrected chi connectivity index (χ2v) is 9.89. The molecule has 0 radical (unpaired) electrons. The number of halogens is 1. The molecule has 5 heteroatoms. The molecule has 1 N–H and O–H groups in total. The molecule has 0 aliphatic heterocycles. The van der Waals surface area contributed by atoms with Crippen LogP contribution in [-0.2, 0) is 5.54 Å². The fourth-order valence-corrected chi connectivity index (χ4v) is 4.11. The van der Waals surface area contributed by atoms with E-state index in [1.165, 1.54) is 10.6 Å². The molecule has 1 aromatic rings. The molecule has 0 unspecified atom stereocenters. The van der Waals surface area contributed by atoms with Gasteiger partial charge in [-0.05, 0) is 36.2 Å². The Kier molecular flexibility index (Phi) is 10.9. The number of rotatable bonds is 7. The van der Waals surface area contributed by atoms with Crippen molar-refractivity contribution in [2.75, 3.05) is 6.61 Å². The van der Waals surface area contributed by atoms with Gasteiger partial charge in [-0.25, -0.2) is 0 Å². The second kappa shape index (κ2) is 10.8. The van der Waals surface area contributed by atoms with Gasteiger partial charge in [0.2, 0.25) is 15.2 Å². The van der Waals surface area contributed by atoms with Gasteiger partial charge in [0.1, 0.15) is 0 Å². The topological polar surface area (TPSA) is 38.0 Å². The zero-order valence-electron chi connectivity index (χ0n) is 14.6. The highest BCUT2D eigenvalue weighted by Crippen LogP contribution is 2.20. The standard InChI is InChI=1S/C8H13BrN2O.2C4H9.Al.H/c1-8(2,3-4-12)11-6-7(9)5-10-11;2*1-4(2)3;;/h5-6,12H,3-4H2,1-2H3;2*4H,1H2,2-3H3;;. The van der Waals surface area contributed by atoms with Crippen LogP contribution in [0.3, 0.4) is 0 Å². The van der Waals surface area contributed by atoms with Gasteiger partial charge in [0.25, 0.3) is 0 Å². The van der Waals surface area contributed by atoms with Crippen molar-refractivity contribution in [3.05, 3.63) is 16.9 Å². The van der Waals surface area contributed by atoms with E-state index in [1.807, 2.05) is 24.7 Å². The van der Waals surface area contributed by atoms with Crippen molar-refractivity contribution >= 4 is 31.1 Å². The molecular formula is C16H32AlBrN2O. The average Bonchev–Trinajstić information content (AvgIpc) is 2.76. The lowest BCUT2D eigenvalue weighted by atomic mass is 10.0. The van der Waals surface area contributed by atoms with E-state index in [-0.39, 0.29) is 12.1 Å². The van der Waals surface area contributed by atoms with Crippen LogP contribution in [0.15, 0.2) is 16.9 Å². The number of aromatic nitrogens is 2. The number of hydrogen-bond donors (Lipinski definition) is 1. The molecule has 122 valence electrons. The lowest BCUT2D eigenvalue weighted by Gasteiger charge is -2.24. The van der Waals surface area contributed by atoms with Gasteiger partial charge in [-0.3, -0.25) is 4.68 Å². The van der Waals surface area contributed by atoms with E-state index in [0.29, 0.717) is 21.6 Å². The Bertz CT molecular complexity index is 370. The summed E-state index contributed by atoms with van der Waals surface area (Å²) in [5.74, 6) is 1.91. The van der Waals surface area contributed by atoms with Gasteiger partial charge in [-0.2, -0.15) is 5.10 Å². The van der Waals surface area contributed by atoms with Crippen LogP contribution in [0.4, 0.5) is 0 Å². The first-order chi connectivity index (χ1) is 9.69. The van der Waals surface area contributed by atoms with Crippen molar-refractivity contribution in [2.24, 2.45) is 11.8 Å². The monoisotopic (exact) mass is 374 g/mol. The first-order valence-electron chi connectivity index (χ1n) is 8.00. The van der Waals surface area contributed by atoms with E-state index < -0.39 is 0 Å². The maximum Gasteiger partial charge on any atom is 0.237 e. The summed E-state index contributed by atoms with van der Waals surface area (Å²) >= 11 is 3.65. The minimum Gasteiger partial charge on any atom is -0.396 e. The molecule has 0 aliphatic carbocycles. The minimum atomic E-state index is -0.110. The van der Waals surface area contributed by atoms with Crippen LogP contribution in [0.5, 0.6) is 0 Å². The molecule has 1 rings (SSSR count). The Balaban J connectivity index is 0.000000400. The van der Waals surface area contributed by atoms with E-state index >= 15 is 0 Å². The molecule has 3 nitrogen and oxygen atoms in total. The van der Waals surface area contributed by atoms with Crippen LogP contribution in [-0.4, -0.2) is 36.7 Å². The molecule has 0 saturated carbocycles. The van der Waals surface area contributed by atoms with Gasteiger partial charge in [-0.1, -0.05) is 50.1 Å². The third-order valence-electron chi connectivity index (χ3n) is 3.46. The van der Waals surface area contributed by atoms with Crippen LogP contribution in [0, 0.1) is 11.8 Å². The molecule has 0 aliphatic rings. The van der Waals surface area contributed by atoms with Gasteiger partial charge in [0.15, 0.2) is 0 Å². The molecular weight excluding hydrogens is 343 g/mol. The molecule has 0 aromatic carbocycles. The van der Waals surface area contributed by atoms with E-state index in [9.17, 15) is 0 Å². The highest BCUT2D eigenvalue weighted by Gasteiger charge is 2.19. The number of aliphatic hydroxyl groups is 1. The molecule has 1 heterocycles. The fraction of sp³-hybridized carbons (Fsp3) is 0.812. The smallest absolute Gasteiger partial charge is 0.237 e. The summed E-state index contributed by atoms with van der Waals surface area (Å²) in [7, 11) is 0. The van der Waals surface area contributed by atoms with Crippen LogP contribution < -0.4 is 0 Å². The SMILES string of the molecule is CC(C)(CCO)n1cc(Br)cn1.CC(C)[CH2][AlH][CH2]C(C)C. The van der Waals surface area contributed by atoms with E-state index in [1.54, 1.807) is 6.20 Å². The Labute approximate surface area is 145 Å². The highest BCUT2D eigenvalue weighted by atomic mass is 79.9. The van der Waals surface area contributed by atoms with Crippen molar-refractivity contribution in [3.63, 3.8) is 0 Å². The zero-order chi connectivity index (χ0) is 16.5. The molecule has 0 bridgehead atoms. The molecule has 0 saturated heterocycles. The summed E-state index contributed by atoms with van der Waals surface area (Å²) in [6.45, 7) is 13.6. The predicted molar refractivity (Wildman–Crippen MR) is 97.4 cm³/mol. The van der Waals surface area contributed by atoms with Gasteiger partial charge < -0.3 is 5.11 Å². The van der Waals surface area contributed by atoms with Crippen LogP contribution in [0.25, 0.3) is 0 Å². The van der Waals surface area contributed by atoms with Crippen LogP contribution in [0.1, 0.15) is 48.0 Å². The van der Waals surface area contributed by atoms with Crippen LogP contribution in [0.2, 0.25) is 10.6 Å². The maximum atomic E-state index is 8.82. The zero-order valence-corrected chi connectivity index (χ0v) is 17.6. The number of hydrogen-bond acceptors (Lipinski definition) is 2. The fourth-order valence-electron chi connectivity index (χ4n) is 1.95. The molecule has 1 aromatic heterocycles. The van der Waals surface area contributed by atoms with Gasteiger partial charge in [0.05, 0.1) is 16.2 Å². The Hall–Kier alpha value is 0.182. The Morgan fingerprint density at radius 2 is 1.76 bits per heavy atom. The molecule has 0 atom stereocenters. The summed E-state index contributed by atoms with van der Waals surface area (Å²) in [6.07, 6.45) is 4.37. The summed E-state index contributed by atoms with van der Waals surface area (Å²) in [5.41, 5.74) is -0.110. The molecule has 21 heavy (non-hydrogen) atoms. The Morgan fingerprint density at radius 1 is 1.24 bits per heavy atom. The number of nitrogens with zero attached hydrogens (tertiary/aromatic N) is 2. The first-order valence-corrected chi connectivity index (χ1v) is 10.8. The summed E-state index contributed by atoms with van der Waals surface area (Å²) in [6, 6.07) is 0. The van der Waals surface area contributed by atoms with Crippen molar-refractivity contribution in [3.8, 4) is 0 Å². The van der Waals surface area contributed by atoms with Crippen molar-refractivity contribution in [1.29, 1.82) is 0 Å². The second-order valence-electron chi connectivity index (χ2n) is 7.11. The summed E-state index contributed by atoms with van der Waals surface area (Å²) < 4.78 is 2.82. The van der Waals surface area contributed by atoms with E-state index in [0.717, 1.165) is 16.3 Å². The van der Waals surface area contributed by atoms with Gasteiger partial charge in [0, 0.05) is 12.8 Å². The minimum absolute atomic E-state index is 0.110. The first kappa shape index (κ1) is 21.2. The quantitative estimate of drug-likeness (QED) is 0.721. The lowest BCUT2D eigenvalue weighted by molar-refractivity contribution is 0.201. The van der Waals surface area contributed by atoms with Crippen LogP contribution >= 0.6 is 15.9 Å². The third kappa shape index (κ3) is 10.5. The van der Waals surface area contributed by atoms with Crippen molar-refractivity contribution < 1.29 is 5.11 Å². The van der Waals surface area contributed by atoms with E-state index in [2.05, 4.69) is 48.7 Å². The summed E-state index contributed by atoms with van der Waals surface area (Å²) in [4.78, 5) is 0. The largest absolute Gasteiger partial charge is 0.396 e. The predicted octanol–water partition coefficient (Wildman–Crippen LogP) is 4.33. The molecule has 0 fully saturated rings. The van der Waals surface area contributed by atoms with E-state index in [4.69, 9.17) is 5.11 Å². The molecule has 0 amide bonds. The number of aliphatic hydroxyl groups excluding tert-OH is 1.